The van der Waals surface area contributed by atoms with Crippen molar-refractivity contribution in [3.05, 3.63) is 78.1 Å². The van der Waals surface area contributed by atoms with Crippen molar-refractivity contribution in [3.8, 4) is 11.3 Å². The quantitative estimate of drug-likeness (QED) is 0.289. The number of nitrogens with one attached hydrogen (secondary N) is 2. The summed E-state index contributed by atoms with van der Waals surface area (Å²) in [5, 5.41) is 4.48. The van der Waals surface area contributed by atoms with Crippen molar-refractivity contribution in [1.29, 1.82) is 0 Å². The van der Waals surface area contributed by atoms with Gasteiger partial charge in [-0.3, -0.25) is 4.79 Å². The summed E-state index contributed by atoms with van der Waals surface area (Å²) >= 11 is 0. The van der Waals surface area contributed by atoms with E-state index in [1.165, 1.54) is 11.1 Å². The second-order valence-electron chi connectivity index (χ2n) is 8.89. The molecule has 1 amide bonds. The Kier molecular flexibility index (Phi) is 7.77. The molecular weight excluding hydrogens is 436 g/mol. The highest BCUT2D eigenvalue weighted by Crippen LogP contribution is 2.29. The number of carbonyl (C=O) groups excluding carboxylic acids is 1. The van der Waals surface area contributed by atoms with Gasteiger partial charge in [-0.25, -0.2) is 9.97 Å². The van der Waals surface area contributed by atoms with Crippen LogP contribution in [0.1, 0.15) is 44.4 Å². The molecule has 0 radical (unpaired) electrons. The van der Waals surface area contributed by atoms with E-state index >= 15 is 0 Å². The van der Waals surface area contributed by atoms with Crippen molar-refractivity contribution in [1.82, 2.24) is 19.9 Å². The Morgan fingerprint density at radius 2 is 1.77 bits per heavy atom. The Balaban J connectivity index is 1.54. The highest BCUT2D eigenvalue weighted by atomic mass is 16.1. The maximum absolute atomic E-state index is 11.6. The third-order valence-corrected chi connectivity index (χ3v) is 6.58. The maximum atomic E-state index is 11.6. The minimum Gasteiger partial charge on any atom is -0.370 e. The number of fused-ring (bicyclic) bond motifs is 1. The molecule has 2 aromatic carbocycles. The topological polar surface area (TPSA) is 99.9 Å². The first-order valence-corrected chi connectivity index (χ1v) is 12.2. The Bertz CT molecular complexity index is 1250. The number of benzene rings is 2. The summed E-state index contributed by atoms with van der Waals surface area (Å²) in [7, 11) is 0. The third-order valence-electron chi connectivity index (χ3n) is 6.58. The van der Waals surface area contributed by atoms with Gasteiger partial charge in [0.1, 0.15) is 17.8 Å². The normalized spacial score (nSPS) is 13.1. The van der Waals surface area contributed by atoms with Crippen LogP contribution in [0.2, 0.25) is 0 Å². The van der Waals surface area contributed by atoms with E-state index < -0.39 is 0 Å². The lowest BCUT2D eigenvalue weighted by Crippen LogP contribution is -2.39. The Morgan fingerprint density at radius 3 is 2.43 bits per heavy atom. The number of likely N-dealkylation sites (N-methyl/N-ethyl adjacent to an activating group) is 1. The molecule has 2 heterocycles. The summed E-state index contributed by atoms with van der Waals surface area (Å²) < 4.78 is 0. The summed E-state index contributed by atoms with van der Waals surface area (Å²) in [5.74, 6) is 0.544. The number of primary amides is 1. The molecule has 2 aromatic heterocycles. The zero-order valence-corrected chi connectivity index (χ0v) is 20.7. The molecule has 0 spiro atoms. The van der Waals surface area contributed by atoms with Crippen molar-refractivity contribution >= 4 is 22.8 Å². The van der Waals surface area contributed by atoms with Gasteiger partial charge in [-0.2, -0.15) is 0 Å². The standard InChI is InChI=1S/C28H34N6O/c1-4-34(5-2)23(16-26(29)35)15-20-11-13-22(14-12-20)25-17-24-27(30-18-31-28(24)33-25)32-19(3)21-9-7-6-8-10-21/h6-14,17-19,23H,4-5,15-16H2,1-3H3,(H2,29,35)(H2,30,31,32,33)/t19-,23?/m1/s1. The average molecular weight is 471 g/mol. The van der Waals surface area contributed by atoms with Gasteiger partial charge in [-0.05, 0) is 49.2 Å². The maximum Gasteiger partial charge on any atom is 0.219 e. The summed E-state index contributed by atoms with van der Waals surface area (Å²) in [6.45, 7) is 8.13. The van der Waals surface area contributed by atoms with Gasteiger partial charge in [-0.1, -0.05) is 68.4 Å². The van der Waals surface area contributed by atoms with Crippen LogP contribution >= 0.6 is 0 Å². The van der Waals surface area contributed by atoms with Gasteiger partial charge in [0.25, 0.3) is 0 Å². The Morgan fingerprint density at radius 1 is 1.06 bits per heavy atom. The van der Waals surface area contributed by atoms with E-state index in [2.05, 4.69) is 88.4 Å². The molecule has 2 atom stereocenters. The summed E-state index contributed by atoms with van der Waals surface area (Å²) in [6, 6.07) is 21.1. The van der Waals surface area contributed by atoms with Crippen LogP contribution in [0, 0.1) is 0 Å². The minimum atomic E-state index is -0.260. The van der Waals surface area contributed by atoms with Crippen LogP contribution in [0.5, 0.6) is 0 Å². The molecule has 7 heteroatoms. The van der Waals surface area contributed by atoms with Crippen molar-refractivity contribution in [2.75, 3.05) is 18.4 Å². The van der Waals surface area contributed by atoms with E-state index in [-0.39, 0.29) is 18.0 Å². The van der Waals surface area contributed by atoms with Crippen molar-refractivity contribution in [2.45, 2.75) is 45.7 Å². The predicted octanol–water partition coefficient (Wildman–Crippen LogP) is 4.93. The van der Waals surface area contributed by atoms with Gasteiger partial charge in [0, 0.05) is 24.2 Å². The average Bonchev–Trinajstić information content (AvgIpc) is 3.31. The molecule has 0 bridgehead atoms. The number of hydrogen-bond acceptors (Lipinski definition) is 5. The molecule has 182 valence electrons. The van der Waals surface area contributed by atoms with Crippen LogP contribution in [0.4, 0.5) is 5.82 Å². The smallest absolute Gasteiger partial charge is 0.219 e. The number of nitrogens with two attached hydrogens (primary N) is 1. The number of aromatic nitrogens is 3. The predicted molar refractivity (Wildman–Crippen MR) is 142 cm³/mol. The molecule has 0 aliphatic carbocycles. The van der Waals surface area contributed by atoms with E-state index in [9.17, 15) is 4.79 Å². The summed E-state index contributed by atoms with van der Waals surface area (Å²) in [6.07, 6.45) is 2.73. The summed E-state index contributed by atoms with van der Waals surface area (Å²) in [5.41, 5.74) is 10.8. The third kappa shape index (κ3) is 5.87. The van der Waals surface area contributed by atoms with Gasteiger partial charge >= 0.3 is 0 Å². The molecule has 0 aliphatic heterocycles. The van der Waals surface area contributed by atoms with E-state index in [1.807, 2.05) is 18.2 Å². The fourth-order valence-electron chi connectivity index (χ4n) is 4.64. The number of H-pyrrole nitrogens is 1. The molecular formula is C28H34N6O. The number of rotatable bonds is 11. The van der Waals surface area contributed by atoms with E-state index in [1.54, 1.807) is 6.33 Å². The van der Waals surface area contributed by atoms with Crippen LogP contribution in [-0.4, -0.2) is 44.9 Å². The fourth-order valence-corrected chi connectivity index (χ4v) is 4.64. The first kappa shape index (κ1) is 24.4. The van der Waals surface area contributed by atoms with Crippen LogP contribution in [-0.2, 0) is 11.2 Å². The van der Waals surface area contributed by atoms with E-state index in [0.717, 1.165) is 47.6 Å². The van der Waals surface area contributed by atoms with Crippen molar-refractivity contribution < 1.29 is 4.79 Å². The number of carbonyl (C=O) groups is 1. The number of anilines is 1. The molecule has 4 rings (SSSR count). The number of amides is 1. The Labute approximate surface area is 206 Å². The zero-order valence-electron chi connectivity index (χ0n) is 20.7. The van der Waals surface area contributed by atoms with Crippen LogP contribution < -0.4 is 11.1 Å². The molecule has 0 aliphatic rings. The minimum absolute atomic E-state index is 0.108. The second-order valence-corrected chi connectivity index (χ2v) is 8.89. The van der Waals surface area contributed by atoms with Crippen LogP contribution in [0.3, 0.4) is 0 Å². The molecule has 4 aromatic rings. The van der Waals surface area contributed by atoms with Crippen molar-refractivity contribution in [2.24, 2.45) is 5.73 Å². The monoisotopic (exact) mass is 470 g/mol. The first-order chi connectivity index (χ1) is 17.0. The summed E-state index contributed by atoms with van der Waals surface area (Å²) in [4.78, 5) is 26.3. The van der Waals surface area contributed by atoms with Crippen LogP contribution in [0.15, 0.2) is 67.0 Å². The number of aromatic amines is 1. The molecule has 7 nitrogen and oxygen atoms in total. The number of nitrogens with zero attached hydrogens (tertiary/aromatic N) is 3. The van der Waals surface area contributed by atoms with Gasteiger partial charge < -0.3 is 20.9 Å². The molecule has 1 unspecified atom stereocenters. The lowest BCUT2D eigenvalue weighted by Gasteiger charge is -2.29. The van der Waals surface area contributed by atoms with Crippen LogP contribution in [0.25, 0.3) is 22.3 Å². The molecule has 0 saturated heterocycles. The SMILES string of the molecule is CCN(CC)C(CC(N)=O)Cc1ccc(-c2cc3c(N[C@H](C)c4ccccc4)ncnc3[nH]2)cc1. The first-order valence-electron chi connectivity index (χ1n) is 12.2. The van der Waals surface area contributed by atoms with Gasteiger partial charge in [-0.15, -0.1) is 0 Å². The van der Waals surface area contributed by atoms with Gasteiger partial charge in [0.15, 0.2) is 0 Å². The number of hydrogen-bond donors (Lipinski definition) is 3. The molecule has 0 saturated carbocycles. The zero-order chi connectivity index (χ0) is 24.8. The second kappa shape index (κ2) is 11.1. The fraction of sp³-hybridized carbons (Fsp3) is 0.321. The van der Waals surface area contributed by atoms with Crippen molar-refractivity contribution in [3.63, 3.8) is 0 Å². The largest absolute Gasteiger partial charge is 0.370 e. The van der Waals surface area contributed by atoms with E-state index in [0.29, 0.717) is 6.42 Å². The van der Waals surface area contributed by atoms with Gasteiger partial charge in [0.05, 0.1) is 5.39 Å². The highest BCUT2D eigenvalue weighted by Gasteiger charge is 2.19. The molecule has 4 N–H and O–H groups in total. The Hall–Kier alpha value is -3.71. The molecule has 35 heavy (non-hydrogen) atoms. The highest BCUT2D eigenvalue weighted by molar-refractivity contribution is 5.91. The lowest BCUT2D eigenvalue weighted by atomic mass is 9.99. The molecule has 0 fully saturated rings. The van der Waals surface area contributed by atoms with E-state index in [4.69, 9.17) is 5.73 Å². The lowest BCUT2D eigenvalue weighted by molar-refractivity contribution is -0.119. The van der Waals surface area contributed by atoms with Gasteiger partial charge in [0.2, 0.25) is 5.91 Å².